The minimum Gasteiger partial charge on any atom is -0.508 e. The zero-order valence-corrected chi connectivity index (χ0v) is 18.8. The van der Waals surface area contributed by atoms with Gasteiger partial charge in [-0.15, -0.1) is 0 Å². The fraction of sp³-hybridized carbons (Fsp3) is 0.111. The van der Waals surface area contributed by atoms with E-state index in [0.29, 0.717) is 28.1 Å². The average molecular weight is 453 g/mol. The smallest absolute Gasteiger partial charge is 0.255 e. The normalized spacial score (nSPS) is 11.4. The molecule has 2 aromatic heterocycles. The number of hydrogen-bond donors (Lipinski definition) is 2. The second kappa shape index (κ2) is 8.53. The number of phenols is 1. The lowest BCUT2D eigenvalue weighted by molar-refractivity contribution is -0.116. The number of anilines is 1. The van der Waals surface area contributed by atoms with Gasteiger partial charge in [-0.05, 0) is 79.8 Å². The van der Waals surface area contributed by atoms with E-state index in [2.05, 4.69) is 5.32 Å². The van der Waals surface area contributed by atoms with Crippen LogP contribution in [-0.4, -0.2) is 41.1 Å². The van der Waals surface area contributed by atoms with Gasteiger partial charge in [-0.25, -0.2) is 0 Å². The fourth-order valence-corrected chi connectivity index (χ4v) is 4.05. The highest BCUT2D eigenvalue weighted by atomic mass is 16.3. The Kier molecular flexibility index (Phi) is 5.39. The maximum absolute atomic E-state index is 13.0. The second-order valence-corrected chi connectivity index (χ2v) is 8.41. The van der Waals surface area contributed by atoms with E-state index in [1.165, 1.54) is 6.07 Å². The quantitative estimate of drug-likeness (QED) is 0.406. The number of nitrogens with zero attached hydrogens (tertiary/aromatic N) is 2. The highest BCUT2D eigenvalue weighted by Crippen LogP contribution is 2.33. The van der Waals surface area contributed by atoms with Crippen LogP contribution in [0.4, 0.5) is 5.69 Å². The lowest BCUT2D eigenvalue weighted by atomic mass is 10.0. The zero-order valence-electron chi connectivity index (χ0n) is 18.8. The number of nitrogens with one attached hydrogen (secondary N) is 1. The molecule has 2 heterocycles. The summed E-state index contributed by atoms with van der Waals surface area (Å²) in [6, 6.07) is 23.1. The van der Waals surface area contributed by atoms with Crippen LogP contribution in [0.2, 0.25) is 0 Å². The molecule has 0 bridgehead atoms. The Bertz CT molecular complexity index is 1560. The zero-order chi connectivity index (χ0) is 23.8. The third-order valence-electron chi connectivity index (χ3n) is 5.58. The highest BCUT2D eigenvalue weighted by molar-refractivity contribution is 6.05. The van der Waals surface area contributed by atoms with Gasteiger partial charge in [-0.2, -0.15) is 0 Å². The van der Waals surface area contributed by atoms with Crippen LogP contribution >= 0.6 is 0 Å². The number of aromatic hydroxyl groups is 1. The summed E-state index contributed by atoms with van der Waals surface area (Å²) in [6.07, 6.45) is 0. The molecule has 0 unspecified atom stereocenters. The number of furan rings is 1. The van der Waals surface area contributed by atoms with Crippen LogP contribution in [0.5, 0.6) is 5.75 Å². The van der Waals surface area contributed by atoms with Gasteiger partial charge in [0.25, 0.3) is 5.56 Å². The monoisotopic (exact) mass is 453 g/mol. The summed E-state index contributed by atoms with van der Waals surface area (Å²) in [6.45, 7) is 0.283. The molecule has 5 aromatic rings. The Morgan fingerprint density at radius 1 is 0.912 bits per heavy atom. The third-order valence-corrected chi connectivity index (χ3v) is 5.58. The summed E-state index contributed by atoms with van der Waals surface area (Å²) >= 11 is 0. The van der Waals surface area contributed by atoms with Gasteiger partial charge in [0.05, 0.1) is 6.54 Å². The van der Waals surface area contributed by atoms with E-state index in [0.717, 1.165) is 16.5 Å². The minimum atomic E-state index is -0.186. The summed E-state index contributed by atoms with van der Waals surface area (Å²) < 4.78 is 7.65. The largest absolute Gasteiger partial charge is 0.508 e. The van der Waals surface area contributed by atoms with Crippen molar-refractivity contribution in [1.82, 2.24) is 9.47 Å². The van der Waals surface area contributed by atoms with Crippen molar-refractivity contribution in [3.63, 3.8) is 0 Å². The molecule has 0 atom stereocenters. The number of likely N-dealkylation sites (N-methyl/N-ethyl adjacent to an activating group) is 1. The summed E-state index contributed by atoms with van der Waals surface area (Å²) in [5, 5.41) is 13.3. The summed E-state index contributed by atoms with van der Waals surface area (Å²) in [7, 11) is 3.66. The summed E-state index contributed by atoms with van der Waals surface area (Å²) in [5.74, 6) is 0.0911. The number of hydrogen-bond acceptors (Lipinski definition) is 5. The van der Waals surface area contributed by atoms with E-state index < -0.39 is 0 Å². The van der Waals surface area contributed by atoms with Crippen LogP contribution in [0.15, 0.2) is 88.1 Å². The highest BCUT2D eigenvalue weighted by Gasteiger charge is 2.15. The maximum Gasteiger partial charge on any atom is 0.255 e. The lowest BCUT2D eigenvalue weighted by Crippen LogP contribution is -2.27. The molecule has 0 saturated carbocycles. The van der Waals surface area contributed by atoms with Gasteiger partial charge in [0.15, 0.2) is 5.58 Å². The molecule has 170 valence electrons. The molecular weight excluding hydrogens is 430 g/mol. The minimum absolute atomic E-state index is 0.111. The number of fused-ring (bicyclic) bond motifs is 3. The predicted octanol–water partition coefficient (Wildman–Crippen LogP) is 4.61. The fourth-order valence-electron chi connectivity index (χ4n) is 4.05. The van der Waals surface area contributed by atoms with E-state index >= 15 is 0 Å². The number of rotatable bonds is 5. The van der Waals surface area contributed by atoms with Crippen molar-refractivity contribution < 1.29 is 14.3 Å². The number of aromatic nitrogens is 1. The molecule has 0 fully saturated rings. The predicted molar refractivity (Wildman–Crippen MR) is 134 cm³/mol. The Labute approximate surface area is 195 Å². The van der Waals surface area contributed by atoms with Crippen molar-refractivity contribution in [1.29, 1.82) is 0 Å². The van der Waals surface area contributed by atoms with Crippen LogP contribution in [0, 0.1) is 0 Å². The van der Waals surface area contributed by atoms with Crippen LogP contribution < -0.4 is 10.9 Å². The van der Waals surface area contributed by atoms with Crippen molar-refractivity contribution in [2.45, 2.75) is 0 Å². The first-order valence-electron chi connectivity index (χ1n) is 10.8. The van der Waals surface area contributed by atoms with E-state index in [-0.39, 0.29) is 23.8 Å². The molecule has 34 heavy (non-hydrogen) atoms. The lowest BCUT2D eigenvalue weighted by Gasteiger charge is -2.12. The Hall–Kier alpha value is -4.36. The van der Waals surface area contributed by atoms with E-state index in [1.54, 1.807) is 51.9 Å². The van der Waals surface area contributed by atoms with Crippen LogP contribution in [0.1, 0.15) is 0 Å². The maximum atomic E-state index is 13.0. The summed E-state index contributed by atoms with van der Waals surface area (Å²) in [5.41, 5.74) is 4.96. The number of amides is 1. The first-order valence-corrected chi connectivity index (χ1v) is 10.8. The molecule has 0 aliphatic heterocycles. The van der Waals surface area contributed by atoms with Crippen molar-refractivity contribution >= 4 is 33.7 Å². The summed E-state index contributed by atoms with van der Waals surface area (Å²) in [4.78, 5) is 26.8. The molecule has 7 heteroatoms. The Balaban J connectivity index is 1.60. The van der Waals surface area contributed by atoms with Gasteiger partial charge in [0, 0.05) is 22.8 Å². The standard InChI is InChI=1S/C27H23N3O4/c1-29(2)16-25(32)28-19-6-8-20(9-7-19)30-26(33)14-13-24-27(30)22-15-18(5-12-23(22)34-24)17-3-10-21(31)11-4-17/h3-15,31H,16H2,1-2H3,(H,28,32). The number of carbonyl (C=O) groups is 1. The van der Waals surface area contributed by atoms with Crippen molar-refractivity contribution in [2.75, 3.05) is 26.0 Å². The van der Waals surface area contributed by atoms with Crippen molar-refractivity contribution in [3.8, 4) is 22.6 Å². The molecule has 2 N–H and O–H groups in total. The first-order chi connectivity index (χ1) is 16.4. The van der Waals surface area contributed by atoms with E-state index in [4.69, 9.17) is 4.42 Å². The van der Waals surface area contributed by atoms with Crippen molar-refractivity contribution in [2.24, 2.45) is 0 Å². The number of phenolic OH excluding ortho intramolecular Hbond substituents is 1. The number of pyridine rings is 1. The molecule has 0 spiro atoms. The van der Waals surface area contributed by atoms with E-state index in [9.17, 15) is 14.7 Å². The Morgan fingerprint density at radius 3 is 2.29 bits per heavy atom. The van der Waals surface area contributed by atoms with Crippen LogP contribution in [-0.2, 0) is 4.79 Å². The van der Waals surface area contributed by atoms with Crippen LogP contribution in [0.25, 0.3) is 38.9 Å². The van der Waals surface area contributed by atoms with Gasteiger partial charge in [0.1, 0.15) is 16.8 Å². The molecule has 7 nitrogen and oxygen atoms in total. The second-order valence-electron chi connectivity index (χ2n) is 8.41. The van der Waals surface area contributed by atoms with Gasteiger partial charge in [0.2, 0.25) is 5.91 Å². The topological polar surface area (TPSA) is 87.7 Å². The van der Waals surface area contributed by atoms with Gasteiger partial charge in [-0.1, -0.05) is 18.2 Å². The first kappa shape index (κ1) is 21.5. The molecule has 0 radical (unpaired) electrons. The van der Waals surface area contributed by atoms with E-state index in [1.807, 2.05) is 44.4 Å². The molecule has 1 amide bonds. The van der Waals surface area contributed by atoms with Crippen molar-refractivity contribution in [3.05, 3.63) is 89.2 Å². The van der Waals surface area contributed by atoms with Crippen LogP contribution in [0.3, 0.4) is 0 Å². The Morgan fingerprint density at radius 2 is 1.59 bits per heavy atom. The molecule has 0 saturated heterocycles. The average Bonchev–Trinajstić information content (AvgIpc) is 3.17. The van der Waals surface area contributed by atoms with Gasteiger partial charge >= 0.3 is 0 Å². The molecule has 3 aromatic carbocycles. The number of benzene rings is 3. The molecule has 0 aliphatic carbocycles. The molecule has 5 rings (SSSR count). The van der Waals surface area contributed by atoms with Gasteiger partial charge in [-0.3, -0.25) is 14.2 Å². The van der Waals surface area contributed by atoms with Gasteiger partial charge < -0.3 is 19.7 Å². The molecule has 0 aliphatic rings. The SMILES string of the molecule is CN(C)CC(=O)Nc1ccc(-n2c(=O)ccc3oc4ccc(-c5ccc(O)cc5)cc4c32)cc1. The number of carbonyl (C=O) groups excluding carboxylic acids is 1. The molecular formula is C27H23N3O4. The third kappa shape index (κ3) is 4.04.